The van der Waals surface area contributed by atoms with E-state index in [1.165, 1.54) is 0 Å². The van der Waals surface area contributed by atoms with E-state index in [0.717, 1.165) is 75.1 Å². The SMILES string of the molecule is CCCCNC(=NCC(=O)N(C)C)N1CCN(Cc2cc(OC)ccc2OC)CC1.I. The van der Waals surface area contributed by atoms with E-state index >= 15 is 0 Å². The number of carbonyl (C=O) groups is 1. The monoisotopic (exact) mass is 547 g/mol. The molecule has 0 aliphatic carbocycles. The van der Waals surface area contributed by atoms with E-state index in [0.29, 0.717) is 0 Å². The van der Waals surface area contributed by atoms with Crippen molar-refractivity contribution in [2.24, 2.45) is 4.99 Å². The third kappa shape index (κ3) is 8.72. The lowest BCUT2D eigenvalue weighted by Crippen LogP contribution is -2.52. The molecule has 0 atom stereocenters. The van der Waals surface area contributed by atoms with Crippen LogP contribution in [0.2, 0.25) is 0 Å². The van der Waals surface area contributed by atoms with Crippen molar-refractivity contribution in [2.45, 2.75) is 26.3 Å². The zero-order chi connectivity index (χ0) is 21.9. The standard InChI is InChI=1S/C22H37N5O3.HI/c1-6-7-10-23-22(24-16-21(28)25(2)3)27-13-11-26(12-14-27)17-18-15-19(29-4)8-9-20(18)30-5;/h8-9,15H,6-7,10-14,16-17H2,1-5H3,(H,23,24);1H. The van der Waals surface area contributed by atoms with Gasteiger partial charge in [-0.3, -0.25) is 9.69 Å². The summed E-state index contributed by atoms with van der Waals surface area (Å²) in [5, 5.41) is 3.43. The van der Waals surface area contributed by atoms with Gasteiger partial charge in [0.1, 0.15) is 18.0 Å². The highest BCUT2D eigenvalue weighted by Crippen LogP contribution is 2.25. The maximum atomic E-state index is 12.0. The number of hydrogen-bond donors (Lipinski definition) is 1. The first kappa shape index (κ1) is 27.3. The number of benzene rings is 1. The second-order valence-electron chi connectivity index (χ2n) is 7.65. The fourth-order valence-electron chi connectivity index (χ4n) is 3.29. The number of unbranched alkanes of at least 4 members (excludes halogenated alkanes) is 1. The fraction of sp³-hybridized carbons (Fsp3) is 0.636. The molecule has 176 valence electrons. The third-order valence-corrected chi connectivity index (χ3v) is 5.23. The van der Waals surface area contributed by atoms with Gasteiger partial charge < -0.3 is 24.6 Å². The minimum atomic E-state index is 0. The molecular formula is C22H38IN5O3. The Bertz CT molecular complexity index is 706. The first-order chi connectivity index (χ1) is 14.5. The van der Waals surface area contributed by atoms with Gasteiger partial charge in [0.15, 0.2) is 5.96 Å². The average Bonchev–Trinajstić information content (AvgIpc) is 2.76. The number of ether oxygens (including phenoxy) is 2. The van der Waals surface area contributed by atoms with Crippen LogP contribution in [0.4, 0.5) is 0 Å². The van der Waals surface area contributed by atoms with Crippen LogP contribution in [0, 0.1) is 0 Å². The van der Waals surface area contributed by atoms with Gasteiger partial charge in [0.05, 0.1) is 14.2 Å². The van der Waals surface area contributed by atoms with Crippen molar-refractivity contribution < 1.29 is 14.3 Å². The van der Waals surface area contributed by atoms with E-state index in [1.807, 2.05) is 18.2 Å². The summed E-state index contributed by atoms with van der Waals surface area (Å²) in [6.07, 6.45) is 2.20. The van der Waals surface area contributed by atoms with Gasteiger partial charge in [0.2, 0.25) is 5.91 Å². The third-order valence-electron chi connectivity index (χ3n) is 5.23. The van der Waals surface area contributed by atoms with Crippen molar-refractivity contribution in [1.82, 2.24) is 20.0 Å². The largest absolute Gasteiger partial charge is 0.497 e. The molecule has 8 nitrogen and oxygen atoms in total. The normalized spacial score (nSPS) is 14.6. The lowest BCUT2D eigenvalue weighted by atomic mass is 10.1. The number of rotatable bonds is 9. The van der Waals surface area contributed by atoms with E-state index in [-0.39, 0.29) is 36.4 Å². The molecule has 1 aromatic carbocycles. The van der Waals surface area contributed by atoms with E-state index < -0.39 is 0 Å². The van der Waals surface area contributed by atoms with Gasteiger partial charge in [-0.2, -0.15) is 0 Å². The molecule has 1 fully saturated rings. The van der Waals surface area contributed by atoms with Crippen molar-refractivity contribution in [2.75, 3.05) is 67.6 Å². The predicted molar refractivity (Wildman–Crippen MR) is 136 cm³/mol. The molecular weight excluding hydrogens is 509 g/mol. The fourth-order valence-corrected chi connectivity index (χ4v) is 3.29. The maximum absolute atomic E-state index is 12.0. The van der Waals surface area contributed by atoms with Gasteiger partial charge in [-0.05, 0) is 24.6 Å². The molecule has 1 saturated heterocycles. The summed E-state index contributed by atoms with van der Waals surface area (Å²) in [5.74, 6) is 2.55. The van der Waals surface area contributed by atoms with Crippen LogP contribution in [0.15, 0.2) is 23.2 Å². The number of piperazine rings is 1. The van der Waals surface area contributed by atoms with Crippen LogP contribution in [0.3, 0.4) is 0 Å². The lowest BCUT2D eigenvalue weighted by Gasteiger charge is -2.36. The van der Waals surface area contributed by atoms with Gasteiger partial charge in [-0.25, -0.2) is 4.99 Å². The minimum Gasteiger partial charge on any atom is -0.497 e. The molecule has 31 heavy (non-hydrogen) atoms. The first-order valence-corrected chi connectivity index (χ1v) is 10.6. The molecule has 0 unspecified atom stereocenters. The number of hydrogen-bond acceptors (Lipinski definition) is 5. The molecule has 1 N–H and O–H groups in total. The van der Waals surface area contributed by atoms with Crippen LogP contribution >= 0.6 is 24.0 Å². The lowest BCUT2D eigenvalue weighted by molar-refractivity contribution is -0.127. The number of nitrogens with one attached hydrogen (secondary N) is 1. The number of carbonyl (C=O) groups excluding carboxylic acids is 1. The number of halogens is 1. The van der Waals surface area contributed by atoms with Gasteiger partial charge in [0, 0.05) is 58.9 Å². The molecule has 0 aromatic heterocycles. The van der Waals surface area contributed by atoms with Gasteiger partial charge in [0.25, 0.3) is 0 Å². The molecule has 2 rings (SSSR count). The molecule has 9 heteroatoms. The molecule has 1 aliphatic rings. The van der Waals surface area contributed by atoms with Crippen molar-refractivity contribution in [1.29, 1.82) is 0 Å². The predicted octanol–water partition coefficient (Wildman–Crippen LogP) is 2.27. The Morgan fingerprint density at radius 1 is 1.16 bits per heavy atom. The topological polar surface area (TPSA) is 69.6 Å². The molecule has 0 radical (unpaired) electrons. The molecule has 0 spiro atoms. The second kappa shape index (κ2) is 14.3. The molecule has 0 saturated carbocycles. The highest BCUT2D eigenvalue weighted by atomic mass is 127. The quantitative estimate of drug-likeness (QED) is 0.222. The summed E-state index contributed by atoms with van der Waals surface area (Å²) in [5.41, 5.74) is 1.12. The number of guanidine groups is 1. The van der Waals surface area contributed by atoms with E-state index in [9.17, 15) is 4.79 Å². The van der Waals surface area contributed by atoms with Crippen LogP contribution in [-0.2, 0) is 11.3 Å². The van der Waals surface area contributed by atoms with Gasteiger partial charge >= 0.3 is 0 Å². The van der Waals surface area contributed by atoms with Gasteiger partial charge in [-0.15, -0.1) is 24.0 Å². The molecule has 1 aliphatic heterocycles. The van der Waals surface area contributed by atoms with Crippen molar-refractivity contribution >= 4 is 35.8 Å². The Balaban J connectivity index is 0.00000480. The number of likely N-dealkylation sites (N-methyl/N-ethyl adjacent to an activating group) is 1. The number of methoxy groups -OCH3 is 2. The summed E-state index contributed by atoms with van der Waals surface area (Å²) in [4.78, 5) is 22.8. The zero-order valence-electron chi connectivity index (χ0n) is 19.5. The number of nitrogens with zero attached hydrogens (tertiary/aromatic N) is 4. The van der Waals surface area contributed by atoms with Crippen LogP contribution in [-0.4, -0.2) is 94.1 Å². The van der Waals surface area contributed by atoms with E-state index in [4.69, 9.17) is 9.47 Å². The van der Waals surface area contributed by atoms with E-state index in [1.54, 1.807) is 33.2 Å². The Hall–Kier alpha value is -1.75. The van der Waals surface area contributed by atoms with Crippen molar-refractivity contribution in [3.8, 4) is 11.5 Å². The Morgan fingerprint density at radius 2 is 1.87 bits per heavy atom. The summed E-state index contributed by atoms with van der Waals surface area (Å²) >= 11 is 0. The Kier molecular flexibility index (Phi) is 12.6. The summed E-state index contributed by atoms with van der Waals surface area (Å²) in [6.45, 7) is 7.56. The number of amides is 1. The average molecular weight is 547 g/mol. The zero-order valence-corrected chi connectivity index (χ0v) is 21.8. The molecule has 0 bridgehead atoms. The summed E-state index contributed by atoms with van der Waals surface area (Å²) in [7, 11) is 6.89. The van der Waals surface area contributed by atoms with Crippen molar-refractivity contribution in [3.05, 3.63) is 23.8 Å². The van der Waals surface area contributed by atoms with Crippen LogP contribution < -0.4 is 14.8 Å². The highest BCUT2D eigenvalue weighted by Gasteiger charge is 2.21. The highest BCUT2D eigenvalue weighted by molar-refractivity contribution is 14.0. The molecule has 1 heterocycles. The Morgan fingerprint density at radius 3 is 2.45 bits per heavy atom. The van der Waals surface area contributed by atoms with Crippen LogP contribution in [0.1, 0.15) is 25.3 Å². The number of aliphatic imine (C=N–C) groups is 1. The molecule has 1 amide bonds. The maximum Gasteiger partial charge on any atom is 0.243 e. The summed E-state index contributed by atoms with van der Waals surface area (Å²) in [6, 6.07) is 5.91. The Labute approximate surface area is 204 Å². The van der Waals surface area contributed by atoms with E-state index in [2.05, 4.69) is 27.0 Å². The smallest absolute Gasteiger partial charge is 0.243 e. The van der Waals surface area contributed by atoms with Crippen LogP contribution in [0.25, 0.3) is 0 Å². The summed E-state index contributed by atoms with van der Waals surface area (Å²) < 4.78 is 10.9. The minimum absolute atomic E-state index is 0. The first-order valence-electron chi connectivity index (χ1n) is 10.6. The molecule has 1 aromatic rings. The second-order valence-corrected chi connectivity index (χ2v) is 7.65. The van der Waals surface area contributed by atoms with Crippen molar-refractivity contribution in [3.63, 3.8) is 0 Å². The van der Waals surface area contributed by atoms with Gasteiger partial charge in [-0.1, -0.05) is 13.3 Å². The van der Waals surface area contributed by atoms with Crippen LogP contribution in [0.5, 0.6) is 11.5 Å².